The molecule has 0 aliphatic carbocycles. The Morgan fingerprint density at radius 2 is 1.05 bits per heavy atom. The summed E-state index contributed by atoms with van der Waals surface area (Å²) in [5.41, 5.74) is 2.39. The molecule has 0 bridgehead atoms. The van der Waals surface area contributed by atoms with Gasteiger partial charge in [-0.1, -0.05) is 35.3 Å². The number of halogens is 2. The highest BCUT2D eigenvalue weighted by atomic mass is 35.5. The van der Waals surface area contributed by atoms with Gasteiger partial charge in [0, 0.05) is 47.6 Å². The minimum Gasteiger partial charge on any atom is -0.368 e. The van der Waals surface area contributed by atoms with Gasteiger partial charge in [-0.25, -0.2) is 0 Å². The minimum absolute atomic E-state index is 0.791. The Bertz CT molecular complexity index is 539. The van der Waals surface area contributed by atoms with Crippen LogP contribution in [0.4, 0.5) is 11.4 Å². The molecule has 0 spiro atoms. The zero-order valence-electron chi connectivity index (χ0n) is 11.1. The van der Waals surface area contributed by atoms with Crippen LogP contribution in [0.2, 0.25) is 10.0 Å². The van der Waals surface area contributed by atoms with E-state index in [1.54, 1.807) is 0 Å². The van der Waals surface area contributed by atoms with Crippen LogP contribution in [0.3, 0.4) is 0 Å². The van der Waals surface area contributed by atoms with Crippen molar-refractivity contribution in [2.45, 2.75) is 0 Å². The van der Waals surface area contributed by atoms with Gasteiger partial charge in [0.2, 0.25) is 0 Å². The third-order valence-electron chi connectivity index (χ3n) is 3.63. The summed E-state index contributed by atoms with van der Waals surface area (Å²) in [4.78, 5) is 4.74. The van der Waals surface area contributed by atoms with E-state index in [-0.39, 0.29) is 0 Å². The van der Waals surface area contributed by atoms with Crippen molar-refractivity contribution in [2.75, 3.05) is 36.0 Å². The summed E-state index contributed by atoms with van der Waals surface area (Å²) in [7, 11) is 0. The van der Waals surface area contributed by atoms with E-state index in [0.29, 0.717) is 0 Å². The number of anilines is 2. The second-order valence-electron chi connectivity index (χ2n) is 4.93. The molecule has 2 aromatic carbocycles. The Hall–Kier alpha value is -1.38. The van der Waals surface area contributed by atoms with Crippen LogP contribution in [-0.2, 0) is 0 Å². The minimum atomic E-state index is 0.791. The average Bonchev–Trinajstić information content (AvgIpc) is 2.47. The van der Waals surface area contributed by atoms with Crippen molar-refractivity contribution in [3.63, 3.8) is 0 Å². The summed E-state index contributed by atoms with van der Waals surface area (Å²) >= 11 is 12.1. The second-order valence-corrected chi connectivity index (χ2v) is 5.81. The molecule has 0 saturated carbocycles. The van der Waals surface area contributed by atoms with Crippen LogP contribution < -0.4 is 9.80 Å². The number of hydrogen-bond donors (Lipinski definition) is 0. The van der Waals surface area contributed by atoms with Crippen molar-refractivity contribution in [1.82, 2.24) is 0 Å². The number of rotatable bonds is 2. The van der Waals surface area contributed by atoms with Crippen molar-refractivity contribution >= 4 is 34.6 Å². The molecule has 4 heteroatoms. The molecule has 1 aliphatic heterocycles. The van der Waals surface area contributed by atoms with Gasteiger partial charge in [-0.05, 0) is 36.4 Å². The maximum Gasteiger partial charge on any atom is 0.0426 e. The summed E-state index contributed by atoms with van der Waals surface area (Å²) < 4.78 is 0. The van der Waals surface area contributed by atoms with Gasteiger partial charge in [0.1, 0.15) is 0 Å². The Morgan fingerprint density at radius 1 is 0.650 bits per heavy atom. The topological polar surface area (TPSA) is 6.48 Å². The van der Waals surface area contributed by atoms with Gasteiger partial charge in [-0.15, -0.1) is 0 Å². The molecule has 3 rings (SSSR count). The molecule has 20 heavy (non-hydrogen) atoms. The maximum absolute atomic E-state index is 6.05. The zero-order chi connectivity index (χ0) is 13.9. The van der Waals surface area contributed by atoms with Crippen molar-refractivity contribution in [3.8, 4) is 0 Å². The predicted molar refractivity (Wildman–Crippen MR) is 87.3 cm³/mol. The summed E-state index contributed by atoms with van der Waals surface area (Å²) in [6.07, 6.45) is 0. The van der Waals surface area contributed by atoms with Crippen LogP contribution in [-0.4, -0.2) is 26.2 Å². The van der Waals surface area contributed by atoms with E-state index in [0.717, 1.165) is 36.2 Å². The highest BCUT2D eigenvalue weighted by Crippen LogP contribution is 2.24. The molecule has 1 heterocycles. The largest absolute Gasteiger partial charge is 0.368 e. The molecule has 0 N–H and O–H groups in total. The molecule has 0 atom stereocenters. The lowest BCUT2D eigenvalue weighted by atomic mass is 10.2. The van der Waals surface area contributed by atoms with Crippen LogP contribution in [0.15, 0.2) is 48.5 Å². The van der Waals surface area contributed by atoms with Gasteiger partial charge in [0.05, 0.1) is 0 Å². The van der Waals surface area contributed by atoms with Crippen molar-refractivity contribution in [3.05, 3.63) is 58.6 Å². The Labute approximate surface area is 129 Å². The Morgan fingerprint density at radius 3 is 1.40 bits per heavy atom. The normalized spacial score (nSPS) is 15.5. The zero-order valence-corrected chi connectivity index (χ0v) is 12.6. The first-order chi connectivity index (χ1) is 9.72. The van der Waals surface area contributed by atoms with E-state index < -0.39 is 0 Å². The molecule has 2 aromatic rings. The molecule has 0 unspecified atom stereocenters. The highest BCUT2D eigenvalue weighted by Gasteiger charge is 2.17. The lowest BCUT2D eigenvalue weighted by Gasteiger charge is -2.37. The molecular formula is C16H16Cl2N2. The van der Waals surface area contributed by atoms with E-state index in [2.05, 4.69) is 21.9 Å². The van der Waals surface area contributed by atoms with Gasteiger partial charge in [-0.2, -0.15) is 0 Å². The van der Waals surface area contributed by atoms with Crippen LogP contribution in [0.25, 0.3) is 0 Å². The molecule has 2 nitrogen and oxygen atoms in total. The quantitative estimate of drug-likeness (QED) is 0.815. The molecule has 1 aliphatic rings. The maximum atomic E-state index is 6.05. The van der Waals surface area contributed by atoms with Gasteiger partial charge < -0.3 is 9.80 Å². The molecule has 0 radical (unpaired) electrons. The highest BCUT2D eigenvalue weighted by molar-refractivity contribution is 6.31. The fraction of sp³-hybridized carbons (Fsp3) is 0.250. The Kier molecular flexibility index (Phi) is 4.04. The summed E-state index contributed by atoms with van der Waals surface area (Å²) in [5.74, 6) is 0. The number of benzene rings is 2. The van der Waals surface area contributed by atoms with Gasteiger partial charge in [-0.3, -0.25) is 0 Å². The van der Waals surface area contributed by atoms with E-state index in [4.69, 9.17) is 23.2 Å². The van der Waals surface area contributed by atoms with Gasteiger partial charge in [0.25, 0.3) is 0 Å². The number of nitrogens with zero attached hydrogens (tertiary/aromatic N) is 2. The SMILES string of the molecule is Clc1cccc(N2CCN(c3cccc(Cl)c3)CC2)c1. The summed E-state index contributed by atoms with van der Waals surface area (Å²) in [6, 6.07) is 16.1. The standard InChI is InChI=1S/C16H16Cl2N2/c17-13-3-1-5-15(11-13)19-7-9-20(10-8-19)16-6-2-4-14(18)12-16/h1-6,11-12H,7-10H2. The van der Waals surface area contributed by atoms with E-state index in [1.165, 1.54) is 11.4 Å². The summed E-state index contributed by atoms with van der Waals surface area (Å²) in [5, 5.41) is 1.58. The van der Waals surface area contributed by atoms with Crippen molar-refractivity contribution in [2.24, 2.45) is 0 Å². The fourth-order valence-electron chi connectivity index (χ4n) is 2.57. The molecule has 0 amide bonds. The van der Waals surface area contributed by atoms with Gasteiger partial charge >= 0.3 is 0 Å². The number of piperazine rings is 1. The molecule has 1 saturated heterocycles. The molecule has 0 aromatic heterocycles. The Balaban J connectivity index is 1.68. The number of hydrogen-bond acceptors (Lipinski definition) is 2. The summed E-state index contributed by atoms with van der Waals surface area (Å²) in [6.45, 7) is 3.97. The second kappa shape index (κ2) is 5.94. The third-order valence-corrected chi connectivity index (χ3v) is 4.10. The lowest BCUT2D eigenvalue weighted by molar-refractivity contribution is 0.653. The molecular weight excluding hydrogens is 291 g/mol. The molecule has 104 valence electrons. The third kappa shape index (κ3) is 3.02. The van der Waals surface area contributed by atoms with E-state index >= 15 is 0 Å². The first-order valence-corrected chi connectivity index (χ1v) is 7.49. The van der Waals surface area contributed by atoms with E-state index in [9.17, 15) is 0 Å². The van der Waals surface area contributed by atoms with E-state index in [1.807, 2.05) is 36.4 Å². The first kappa shape index (κ1) is 13.6. The van der Waals surface area contributed by atoms with Crippen molar-refractivity contribution in [1.29, 1.82) is 0 Å². The monoisotopic (exact) mass is 306 g/mol. The smallest absolute Gasteiger partial charge is 0.0426 e. The van der Waals surface area contributed by atoms with Crippen LogP contribution in [0.1, 0.15) is 0 Å². The van der Waals surface area contributed by atoms with Crippen molar-refractivity contribution < 1.29 is 0 Å². The fourth-order valence-corrected chi connectivity index (χ4v) is 2.94. The predicted octanol–water partition coefficient (Wildman–Crippen LogP) is 4.32. The molecule has 1 fully saturated rings. The van der Waals surface area contributed by atoms with Crippen LogP contribution in [0.5, 0.6) is 0 Å². The first-order valence-electron chi connectivity index (χ1n) is 6.73. The van der Waals surface area contributed by atoms with Crippen LogP contribution in [0, 0.1) is 0 Å². The van der Waals surface area contributed by atoms with Gasteiger partial charge in [0.15, 0.2) is 0 Å². The lowest BCUT2D eigenvalue weighted by Crippen LogP contribution is -2.46. The van der Waals surface area contributed by atoms with Crippen LogP contribution >= 0.6 is 23.2 Å². The average molecular weight is 307 g/mol.